The molecule has 4 rings (SSSR count). The Labute approximate surface area is 198 Å². The number of morpholine rings is 1. The molecule has 1 saturated heterocycles. The standard InChI is InChI=1S/C27H40N2O4/c1-18(26(32)29-13-15-33-16-14-29)21-9-11-27(3)12-10-22(19(2)24(27)25(21)31)28-23(30)17-20-7-5-4-6-8-20/h4-8,18-19,21-22,24-25,31H,9-17H2,1-3H3,(H,28,30)/t18-,19+,21?,22-,24+,25-,27-/m0/s1. The molecular weight excluding hydrogens is 416 g/mol. The highest BCUT2D eigenvalue weighted by Crippen LogP contribution is 2.55. The average Bonchev–Trinajstić information content (AvgIpc) is 2.81. The van der Waals surface area contributed by atoms with Crippen molar-refractivity contribution in [2.24, 2.45) is 29.1 Å². The van der Waals surface area contributed by atoms with Gasteiger partial charge in [0.05, 0.1) is 25.7 Å². The van der Waals surface area contributed by atoms with Crippen LogP contribution in [0.4, 0.5) is 0 Å². The van der Waals surface area contributed by atoms with E-state index in [0.717, 1.165) is 31.2 Å². The molecule has 2 saturated carbocycles. The molecule has 3 aliphatic rings. The molecule has 2 N–H and O–H groups in total. The first-order valence-corrected chi connectivity index (χ1v) is 12.7. The number of hydrogen-bond acceptors (Lipinski definition) is 4. The predicted molar refractivity (Wildman–Crippen MR) is 127 cm³/mol. The lowest BCUT2D eigenvalue weighted by Gasteiger charge is -2.56. The second-order valence-electron chi connectivity index (χ2n) is 10.8. The topological polar surface area (TPSA) is 78.9 Å². The van der Waals surface area contributed by atoms with Crippen LogP contribution in [0.2, 0.25) is 0 Å². The van der Waals surface area contributed by atoms with Crippen LogP contribution in [0, 0.1) is 29.1 Å². The molecule has 1 aromatic rings. The maximum Gasteiger partial charge on any atom is 0.225 e. The van der Waals surface area contributed by atoms with Crippen molar-refractivity contribution in [3.8, 4) is 0 Å². The molecule has 2 amide bonds. The number of rotatable bonds is 5. The summed E-state index contributed by atoms with van der Waals surface area (Å²) in [6.07, 6.45) is 3.68. The van der Waals surface area contributed by atoms with Gasteiger partial charge in [0.1, 0.15) is 0 Å². The summed E-state index contributed by atoms with van der Waals surface area (Å²) in [4.78, 5) is 27.8. The van der Waals surface area contributed by atoms with E-state index in [1.807, 2.05) is 42.2 Å². The maximum atomic E-state index is 13.1. The van der Waals surface area contributed by atoms with E-state index in [4.69, 9.17) is 4.74 Å². The van der Waals surface area contributed by atoms with Crippen LogP contribution in [-0.2, 0) is 20.7 Å². The summed E-state index contributed by atoms with van der Waals surface area (Å²) in [6, 6.07) is 9.87. The summed E-state index contributed by atoms with van der Waals surface area (Å²) in [7, 11) is 0. The van der Waals surface area contributed by atoms with Crippen LogP contribution in [0.15, 0.2) is 30.3 Å². The minimum atomic E-state index is -0.535. The first kappa shape index (κ1) is 24.2. The number of amides is 2. The van der Waals surface area contributed by atoms with Gasteiger partial charge in [0.15, 0.2) is 0 Å². The Hall–Kier alpha value is -1.92. The molecule has 1 heterocycles. The molecule has 182 valence electrons. The average molecular weight is 457 g/mol. The third kappa shape index (κ3) is 5.12. The molecule has 0 aromatic heterocycles. The zero-order chi connectivity index (χ0) is 23.6. The van der Waals surface area contributed by atoms with E-state index in [9.17, 15) is 14.7 Å². The summed E-state index contributed by atoms with van der Waals surface area (Å²) < 4.78 is 5.40. The fourth-order valence-electron chi connectivity index (χ4n) is 6.79. The molecule has 0 bridgehead atoms. The van der Waals surface area contributed by atoms with Gasteiger partial charge >= 0.3 is 0 Å². The van der Waals surface area contributed by atoms with E-state index in [1.165, 1.54) is 0 Å². The fraction of sp³-hybridized carbons (Fsp3) is 0.704. The fourth-order valence-corrected chi connectivity index (χ4v) is 6.79. The van der Waals surface area contributed by atoms with Gasteiger partial charge in [-0.25, -0.2) is 0 Å². The summed E-state index contributed by atoms with van der Waals surface area (Å²) >= 11 is 0. The van der Waals surface area contributed by atoms with E-state index >= 15 is 0 Å². The quantitative estimate of drug-likeness (QED) is 0.714. The highest BCUT2D eigenvalue weighted by atomic mass is 16.5. The van der Waals surface area contributed by atoms with Crippen LogP contribution in [0.25, 0.3) is 0 Å². The lowest BCUT2D eigenvalue weighted by molar-refractivity contribution is -0.153. The molecule has 33 heavy (non-hydrogen) atoms. The van der Waals surface area contributed by atoms with Crippen molar-refractivity contribution in [1.29, 1.82) is 0 Å². The predicted octanol–water partition coefficient (Wildman–Crippen LogP) is 3.03. The number of nitrogens with zero attached hydrogens (tertiary/aromatic N) is 1. The van der Waals surface area contributed by atoms with E-state index < -0.39 is 6.10 Å². The number of benzene rings is 1. The van der Waals surface area contributed by atoms with E-state index in [1.54, 1.807) is 0 Å². The normalized spacial score (nSPS) is 35.4. The number of ether oxygens (including phenoxy) is 1. The van der Waals surface area contributed by atoms with Crippen LogP contribution < -0.4 is 5.32 Å². The highest BCUT2D eigenvalue weighted by molar-refractivity contribution is 5.79. The second kappa shape index (κ2) is 10.1. The molecule has 0 spiro atoms. The second-order valence-corrected chi connectivity index (χ2v) is 10.8. The van der Waals surface area contributed by atoms with Crippen LogP contribution >= 0.6 is 0 Å². The Bertz CT molecular complexity index is 825. The summed E-state index contributed by atoms with van der Waals surface area (Å²) in [5, 5.41) is 14.9. The molecule has 1 aliphatic heterocycles. The zero-order valence-corrected chi connectivity index (χ0v) is 20.3. The first-order chi connectivity index (χ1) is 15.8. The number of carbonyl (C=O) groups excluding carboxylic acids is 2. The summed E-state index contributed by atoms with van der Waals surface area (Å²) in [6.45, 7) is 8.92. The van der Waals surface area contributed by atoms with Crippen molar-refractivity contribution in [2.45, 2.75) is 65.0 Å². The van der Waals surface area contributed by atoms with E-state index in [0.29, 0.717) is 32.7 Å². The van der Waals surface area contributed by atoms with Gasteiger partial charge in [-0.05, 0) is 54.4 Å². The molecule has 3 fully saturated rings. The minimum Gasteiger partial charge on any atom is -0.392 e. The van der Waals surface area contributed by atoms with Crippen molar-refractivity contribution in [3.05, 3.63) is 35.9 Å². The first-order valence-electron chi connectivity index (χ1n) is 12.7. The minimum absolute atomic E-state index is 0.0411. The lowest BCUT2D eigenvalue weighted by Crippen LogP contribution is -2.59. The molecule has 2 aliphatic carbocycles. The molecule has 1 aromatic carbocycles. The number of hydrogen-bond donors (Lipinski definition) is 2. The monoisotopic (exact) mass is 456 g/mol. The Morgan fingerprint density at radius 1 is 1.18 bits per heavy atom. The van der Waals surface area contributed by atoms with Gasteiger partial charge in [-0.1, -0.05) is 51.1 Å². The number of fused-ring (bicyclic) bond motifs is 1. The molecule has 6 heteroatoms. The van der Waals surface area contributed by atoms with E-state index in [2.05, 4.69) is 19.2 Å². The van der Waals surface area contributed by atoms with Gasteiger partial charge < -0.3 is 20.1 Å². The smallest absolute Gasteiger partial charge is 0.225 e. The van der Waals surface area contributed by atoms with Gasteiger partial charge in [-0.2, -0.15) is 0 Å². The third-order valence-electron chi connectivity index (χ3n) is 8.80. The third-order valence-corrected chi connectivity index (χ3v) is 8.80. The number of aliphatic hydroxyl groups is 1. The largest absolute Gasteiger partial charge is 0.392 e. The van der Waals surface area contributed by atoms with Crippen molar-refractivity contribution < 1.29 is 19.4 Å². The van der Waals surface area contributed by atoms with Gasteiger partial charge in [0.2, 0.25) is 11.8 Å². The molecule has 0 radical (unpaired) electrons. The van der Waals surface area contributed by atoms with E-state index in [-0.39, 0.29) is 46.9 Å². The van der Waals surface area contributed by atoms with Crippen molar-refractivity contribution >= 4 is 11.8 Å². The Balaban J connectivity index is 1.43. The SMILES string of the molecule is C[C@H]1[C@@H]2[C@@H](O)C([C@H](C)C(=O)N3CCOCC3)CC[C@@]2(C)CC[C@@H]1NC(=O)Cc1ccccc1. The van der Waals surface area contributed by atoms with Crippen molar-refractivity contribution in [3.63, 3.8) is 0 Å². The lowest BCUT2D eigenvalue weighted by atomic mass is 9.51. The van der Waals surface area contributed by atoms with Crippen LogP contribution in [-0.4, -0.2) is 60.3 Å². The Kier molecular flexibility index (Phi) is 7.44. The van der Waals surface area contributed by atoms with Crippen molar-refractivity contribution in [2.75, 3.05) is 26.3 Å². The highest BCUT2D eigenvalue weighted by Gasteiger charge is 2.54. The maximum absolute atomic E-state index is 13.1. The van der Waals surface area contributed by atoms with Gasteiger partial charge in [-0.15, -0.1) is 0 Å². The Morgan fingerprint density at radius 2 is 1.85 bits per heavy atom. The van der Waals surface area contributed by atoms with Crippen LogP contribution in [0.5, 0.6) is 0 Å². The van der Waals surface area contributed by atoms with Gasteiger partial charge in [0, 0.05) is 25.0 Å². The van der Waals surface area contributed by atoms with Gasteiger partial charge in [0.25, 0.3) is 0 Å². The van der Waals surface area contributed by atoms with Crippen molar-refractivity contribution in [1.82, 2.24) is 10.2 Å². The molecule has 6 nitrogen and oxygen atoms in total. The molecule has 7 atom stereocenters. The number of aliphatic hydroxyl groups excluding tert-OH is 1. The number of carbonyl (C=O) groups is 2. The van der Waals surface area contributed by atoms with Crippen LogP contribution in [0.1, 0.15) is 52.0 Å². The summed E-state index contributed by atoms with van der Waals surface area (Å²) in [5.41, 5.74) is 1.06. The molecule has 1 unspecified atom stereocenters. The van der Waals surface area contributed by atoms with Crippen LogP contribution in [0.3, 0.4) is 0 Å². The summed E-state index contributed by atoms with van der Waals surface area (Å²) in [5.74, 6) is 0.169. The Morgan fingerprint density at radius 3 is 2.55 bits per heavy atom. The van der Waals surface area contributed by atoms with Gasteiger partial charge in [-0.3, -0.25) is 9.59 Å². The zero-order valence-electron chi connectivity index (χ0n) is 20.3. The number of nitrogens with one attached hydrogen (secondary N) is 1. The molecular formula is C27H40N2O4.